The maximum absolute atomic E-state index is 4.75. The maximum Gasteiger partial charge on any atom is 0.212 e. The summed E-state index contributed by atoms with van der Waals surface area (Å²) < 4.78 is 2.16. The summed E-state index contributed by atoms with van der Waals surface area (Å²) in [5.41, 5.74) is 4.83. The number of aromatic amines is 1. The molecule has 0 spiro atoms. The average molecular weight is 256 g/mol. The Balaban J connectivity index is 2.14. The topological polar surface area (TPSA) is 45.1 Å². The standard InChI is InChI=1S/C15H20N4/c1-10(2)12-5-4-6-13-14(12)18-15-17-11(7-8-16-3)9-19(13)15/h4-6,9-10,16H,7-8H2,1-3H3,(H,17,18). The quantitative estimate of drug-likeness (QED) is 0.754. The van der Waals surface area contributed by atoms with Gasteiger partial charge in [-0.15, -0.1) is 0 Å². The van der Waals surface area contributed by atoms with Gasteiger partial charge in [0.15, 0.2) is 0 Å². The van der Waals surface area contributed by atoms with E-state index < -0.39 is 0 Å². The fourth-order valence-corrected chi connectivity index (χ4v) is 2.54. The molecular formula is C15H20N4. The maximum atomic E-state index is 4.75. The molecule has 2 heterocycles. The molecule has 0 atom stereocenters. The lowest BCUT2D eigenvalue weighted by molar-refractivity contribution is 0.780. The molecule has 2 aromatic heterocycles. The molecule has 100 valence electrons. The lowest BCUT2D eigenvalue weighted by Gasteiger charge is -2.05. The Kier molecular flexibility index (Phi) is 3.03. The van der Waals surface area contributed by atoms with Crippen LogP contribution in [0.1, 0.15) is 31.0 Å². The number of rotatable bonds is 4. The molecule has 1 aromatic carbocycles. The number of hydrogen-bond acceptors (Lipinski definition) is 2. The predicted octanol–water partition coefficient (Wildman–Crippen LogP) is 2.70. The van der Waals surface area contributed by atoms with Gasteiger partial charge in [0.25, 0.3) is 0 Å². The third kappa shape index (κ3) is 2.02. The Labute approximate surface area is 112 Å². The van der Waals surface area contributed by atoms with Gasteiger partial charge in [0, 0.05) is 24.9 Å². The molecule has 3 rings (SSSR count). The van der Waals surface area contributed by atoms with Crippen molar-refractivity contribution in [3.05, 3.63) is 35.7 Å². The molecule has 3 aromatic rings. The SMILES string of the molecule is CNCCc1cn2c(nc3c(C(C)C)cccc32)[nH]1. The van der Waals surface area contributed by atoms with Gasteiger partial charge in [-0.3, -0.25) is 4.40 Å². The van der Waals surface area contributed by atoms with E-state index in [-0.39, 0.29) is 0 Å². The highest BCUT2D eigenvalue weighted by molar-refractivity contribution is 5.83. The van der Waals surface area contributed by atoms with Gasteiger partial charge in [-0.25, -0.2) is 4.98 Å². The molecule has 0 radical (unpaired) electrons. The molecule has 0 saturated carbocycles. The third-order valence-electron chi connectivity index (χ3n) is 3.58. The van der Waals surface area contributed by atoms with Gasteiger partial charge in [-0.2, -0.15) is 0 Å². The van der Waals surface area contributed by atoms with E-state index in [0.717, 1.165) is 24.3 Å². The number of imidazole rings is 2. The van der Waals surface area contributed by atoms with Crippen molar-refractivity contribution in [1.82, 2.24) is 19.7 Å². The molecule has 19 heavy (non-hydrogen) atoms. The fourth-order valence-electron chi connectivity index (χ4n) is 2.54. The smallest absolute Gasteiger partial charge is 0.212 e. The molecule has 0 saturated heterocycles. The third-order valence-corrected chi connectivity index (χ3v) is 3.58. The molecule has 0 aliphatic rings. The van der Waals surface area contributed by atoms with Crippen molar-refractivity contribution in [3.63, 3.8) is 0 Å². The van der Waals surface area contributed by atoms with Crippen molar-refractivity contribution < 1.29 is 0 Å². The molecule has 0 bridgehead atoms. The fraction of sp³-hybridized carbons (Fsp3) is 0.400. The molecular weight excluding hydrogens is 236 g/mol. The van der Waals surface area contributed by atoms with Crippen molar-refractivity contribution in [1.29, 1.82) is 0 Å². The van der Waals surface area contributed by atoms with Crippen LogP contribution in [-0.4, -0.2) is 28.0 Å². The number of para-hydroxylation sites is 1. The van der Waals surface area contributed by atoms with E-state index in [1.165, 1.54) is 16.8 Å². The first kappa shape index (κ1) is 12.2. The van der Waals surface area contributed by atoms with E-state index in [1.807, 2.05) is 7.05 Å². The molecule has 4 nitrogen and oxygen atoms in total. The van der Waals surface area contributed by atoms with Crippen LogP contribution in [0.5, 0.6) is 0 Å². The molecule has 0 unspecified atom stereocenters. The van der Waals surface area contributed by atoms with Crippen molar-refractivity contribution in [2.45, 2.75) is 26.2 Å². The Bertz CT molecular complexity index is 705. The van der Waals surface area contributed by atoms with E-state index in [1.54, 1.807) is 0 Å². The highest BCUT2D eigenvalue weighted by atomic mass is 15.1. The number of hydrogen-bond donors (Lipinski definition) is 2. The minimum Gasteiger partial charge on any atom is -0.327 e. The molecule has 0 amide bonds. The van der Waals surface area contributed by atoms with Crippen LogP contribution in [0.25, 0.3) is 16.8 Å². The highest BCUT2D eigenvalue weighted by Gasteiger charge is 2.12. The Morgan fingerprint density at radius 2 is 2.21 bits per heavy atom. The number of benzene rings is 1. The van der Waals surface area contributed by atoms with E-state index in [0.29, 0.717) is 5.92 Å². The summed E-state index contributed by atoms with van der Waals surface area (Å²) in [6, 6.07) is 6.42. The summed E-state index contributed by atoms with van der Waals surface area (Å²) in [5, 5.41) is 3.16. The van der Waals surface area contributed by atoms with Crippen LogP contribution < -0.4 is 5.32 Å². The average Bonchev–Trinajstić information content (AvgIpc) is 2.92. The number of aromatic nitrogens is 3. The summed E-state index contributed by atoms with van der Waals surface area (Å²) in [7, 11) is 1.97. The van der Waals surface area contributed by atoms with E-state index in [9.17, 15) is 0 Å². The van der Waals surface area contributed by atoms with Crippen molar-refractivity contribution >= 4 is 16.8 Å². The second-order valence-electron chi connectivity index (χ2n) is 5.31. The first-order valence-corrected chi connectivity index (χ1v) is 6.84. The van der Waals surface area contributed by atoms with Gasteiger partial charge in [-0.05, 0) is 24.6 Å². The van der Waals surface area contributed by atoms with Crippen LogP contribution in [0.2, 0.25) is 0 Å². The summed E-state index contributed by atoms with van der Waals surface area (Å²) >= 11 is 0. The van der Waals surface area contributed by atoms with Crippen molar-refractivity contribution in [2.75, 3.05) is 13.6 Å². The second-order valence-corrected chi connectivity index (χ2v) is 5.31. The van der Waals surface area contributed by atoms with Gasteiger partial charge >= 0.3 is 0 Å². The molecule has 4 heteroatoms. The van der Waals surface area contributed by atoms with E-state index in [4.69, 9.17) is 4.98 Å². The van der Waals surface area contributed by atoms with Gasteiger partial charge in [0.05, 0.1) is 11.0 Å². The first-order chi connectivity index (χ1) is 9.20. The molecule has 0 aliphatic heterocycles. The van der Waals surface area contributed by atoms with Crippen molar-refractivity contribution in [3.8, 4) is 0 Å². The van der Waals surface area contributed by atoms with Crippen LogP contribution >= 0.6 is 0 Å². The number of nitrogens with zero attached hydrogens (tertiary/aromatic N) is 2. The summed E-state index contributed by atoms with van der Waals surface area (Å²) in [6.07, 6.45) is 3.15. The van der Waals surface area contributed by atoms with Gasteiger partial charge in [0.2, 0.25) is 5.78 Å². The minimum absolute atomic E-state index is 0.493. The van der Waals surface area contributed by atoms with Gasteiger partial charge in [0.1, 0.15) is 0 Å². The molecule has 0 fully saturated rings. The van der Waals surface area contributed by atoms with Crippen LogP contribution in [0.15, 0.2) is 24.4 Å². The zero-order valence-corrected chi connectivity index (χ0v) is 11.7. The number of H-pyrrole nitrogens is 1. The Morgan fingerprint density at radius 3 is 2.95 bits per heavy atom. The largest absolute Gasteiger partial charge is 0.327 e. The number of fused-ring (bicyclic) bond motifs is 3. The predicted molar refractivity (Wildman–Crippen MR) is 78.8 cm³/mol. The van der Waals surface area contributed by atoms with E-state index >= 15 is 0 Å². The Morgan fingerprint density at radius 1 is 1.37 bits per heavy atom. The zero-order valence-electron chi connectivity index (χ0n) is 11.7. The first-order valence-electron chi connectivity index (χ1n) is 6.84. The van der Waals surface area contributed by atoms with Gasteiger partial charge in [-0.1, -0.05) is 26.0 Å². The minimum atomic E-state index is 0.493. The highest BCUT2D eigenvalue weighted by Crippen LogP contribution is 2.25. The lowest BCUT2D eigenvalue weighted by atomic mass is 10.0. The Hall–Kier alpha value is -1.81. The van der Waals surface area contributed by atoms with Crippen LogP contribution in [0, 0.1) is 0 Å². The zero-order chi connectivity index (χ0) is 13.4. The van der Waals surface area contributed by atoms with Crippen LogP contribution in [-0.2, 0) is 6.42 Å². The summed E-state index contributed by atoms with van der Waals surface area (Å²) in [5.74, 6) is 1.43. The van der Waals surface area contributed by atoms with Gasteiger partial charge < -0.3 is 10.3 Å². The summed E-state index contributed by atoms with van der Waals surface area (Å²) in [6.45, 7) is 5.39. The lowest BCUT2D eigenvalue weighted by Crippen LogP contribution is -2.10. The molecule has 2 N–H and O–H groups in total. The van der Waals surface area contributed by atoms with E-state index in [2.05, 4.69) is 52.9 Å². The van der Waals surface area contributed by atoms with Crippen LogP contribution in [0.4, 0.5) is 0 Å². The molecule has 0 aliphatic carbocycles. The monoisotopic (exact) mass is 256 g/mol. The number of likely N-dealkylation sites (N-methyl/N-ethyl adjacent to an activating group) is 1. The van der Waals surface area contributed by atoms with Crippen LogP contribution in [0.3, 0.4) is 0 Å². The number of nitrogens with one attached hydrogen (secondary N) is 2. The normalized spacial score (nSPS) is 12.0. The summed E-state index contributed by atoms with van der Waals surface area (Å²) in [4.78, 5) is 8.15. The van der Waals surface area contributed by atoms with Crippen molar-refractivity contribution in [2.24, 2.45) is 0 Å². The second kappa shape index (κ2) is 4.70.